The minimum atomic E-state index is -0.194. The Balaban J connectivity index is 3.21. The number of ether oxygens (including phenoxy) is 1. The van der Waals surface area contributed by atoms with E-state index >= 15 is 0 Å². The highest BCUT2D eigenvalue weighted by Gasteiger charge is 2.27. The van der Waals surface area contributed by atoms with Gasteiger partial charge in [0.05, 0.1) is 13.7 Å². The summed E-state index contributed by atoms with van der Waals surface area (Å²) in [6, 6.07) is 5.85. The van der Waals surface area contributed by atoms with E-state index in [0.717, 1.165) is 15.8 Å². The second kappa shape index (κ2) is 4.96. The summed E-state index contributed by atoms with van der Waals surface area (Å²) in [5, 5.41) is 0. The fourth-order valence-corrected chi connectivity index (χ4v) is 2.50. The smallest absolute Gasteiger partial charge is 0.123 e. The number of methoxy groups -OCH3 is 1. The third-order valence-corrected chi connectivity index (χ3v) is 2.98. The Hall–Kier alpha value is -0.580. The largest absolute Gasteiger partial charge is 0.496 e. The van der Waals surface area contributed by atoms with Crippen LogP contribution in [0, 0.1) is 0 Å². The Morgan fingerprint density at radius 3 is 2.60 bits per heavy atom. The summed E-state index contributed by atoms with van der Waals surface area (Å²) in [4.78, 5) is 4.74. The Morgan fingerprint density at radius 1 is 1.40 bits per heavy atom. The highest BCUT2D eigenvalue weighted by atomic mass is 79.9. The zero-order valence-corrected chi connectivity index (χ0v) is 10.8. The predicted molar refractivity (Wildman–Crippen MR) is 63.9 cm³/mol. The number of benzene rings is 1. The molecule has 3 nitrogen and oxygen atoms in total. The maximum atomic E-state index is 5.33. The summed E-state index contributed by atoms with van der Waals surface area (Å²) in [7, 11) is 1.66. The van der Waals surface area contributed by atoms with Gasteiger partial charge in [0.2, 0.25) is 0 Å². The van der Waals surface area contributed by atoms with Crippen molar-refractivity contribution in [2.45, 2.75) is 19.3 Å². The standard InChI is InChI=1S/C11H16BrNO2/c1-11(2,7-15-13)10-8(12)5-4-6-9(10)14-3/h4-6H,7,13H2,1-3H3. The van der Waals surface area contributed by atoms with Crippen LogP contribution >= 0.6 is 15.9 Å². The van der Waals surface area contributed by atoms with Crippen molar-refractivity contribution in [2.75, 3.05) is 13.7 Å². The number of halogens is 1. The summed E-state index contributed by atoms with van der Waals surface area (Å²) in [6.45, 7) is 4.55. The van der Waals surface area contributed by atoms with Crippen LogP contribution in [0.1, 0.15) is 19.4 Å². The Bertz CT molecular complexity index is 339. The monoisotopic (exact) mass is 273 g/mol. The van der Waals surface area contributed by atoms with Crippen LogP contribution in [0.3, 0.4) is 0 Å². The van der Waals surface area contributed by atoms with E-state index in [1.165, 1.54) is 0 Å². The van der Waals surface area contributed by atoms with E-state index in [-0.39, 0.29) is 5.41 Å². The minimum Gasteiger partial charge on any atom is -0.496 e. The minimum absolute atomic E-state index is 0.194. The second-order valence-corrected chi connectivity index (χ2v) is 4.87. The molecule has 0 fully saturated rings. The van der Waals surface area contributed by atoms with Gasteiger partial charge >= 0.3 is 0 Å². The normalized spacial score (nSPS) is 11.5. The molecule has 0 saturated heterocycles. The highest BCUT2D eigenvalue weighted by Crippen LogP contribution is 2.37. The molecule has 0 amide bonds. The van der Waals surface area contributed by atoms with Gasteiger partial charge in [0.25, 0.3) is 0 Å². The molecule has 1 aromatic rings. The van der Waals surface area contributed by atoms with Crippen LogP contribution < -0.4 is 10.6 Å². The number of hydrogen-bond donors (Lipinski definition) is 1. The van der Waals surface area contributed by atoms with Gasteiger partial charge in [-0.25, -0.2) is 5.90 Å². The molecule has 0 atom stereocenters. The van der Waals surface area contributed by atoms with E-state index in [9.17, 15) is 0 Å². The molecular formula is C11H16BrNO2. The Morgan fingerprint density at radius 2 is 2.07 bits per heavy atom. The van der Waals surface area contributed by atoms with Crippen molar-refractivity contribution < 1.29 is 9.57 Å². The third-order valence-electron chi connectivity index (χ3n) is 2.32. The van der Waals surface area contributed by atoms with E-state index < -0.39 is 0 Å². The van der Waals surface area contributed by atoms with E-state index in [1.54, 1.807) is 7.11 Å². The quantitative estimate of drug-likeness (QED) is 0.858. The first kappa shape index (κ1) is 12.5. The molecule has 0 aliphatic heterocycles. The molecule has 0 bridgehead atoms. The average Bonchev–Trinajstić information content (AvgIpc) is 2.16. The molecular weight excluding hydrogens is 258 g/mol. The van der Waals surface area contributed by atoms with Gasteiger partial charge in [0.15, 0.2) is 0 Å². The van der Waals surface area contributed by atoms with Gasteiger partial charge < -0.3 is 9.57 Å². The molecule has 0 spiro atoms. The fourth-order valence-electron chi connectivity index (χ4n) is 1.61. The lowest BCUT2D eigenvalue weighted by Gasteiger charge is -2.26. The molecule has 4 heteroatoms. The highest BCUT2D eigenvalue weighted by molar-refractivity contribution is 9.10. The van der Waals surface area contributed by atoms with Crippen molar-refractivity contribution in [3.8, 4) is 5.75 Å². The number of hydrogen-bond acceptors (Lipinski definition) is 3. The first-order chi connectivity index (χ1) is 7.03. The van der Waals surface area contributed by atoms with E-state index in [0.29, 0.717) is 6.61 Å². The van der Waals surface area contributed by atoms with Crippen LogP contribution in [-0.2, 0) is 10.3 Å². The number of rotatable bonds is 4. The summed E-state index contributed by atoms with van der Waals surface area (Å²) >= 11 is 3.52. The first-order valence-corrected chi connectivity index (χ1v) is 5.47. The molecule has 1 aromatic carbocycles. The van der Waals surface area contributed by atoms with Crippen molar-refractivity contribution in [2.24, 2.45) is 5.90 Å². The summed E-state index contributed by atoms with van der Waals surface area (Å²) in [5.41, 5.74) is 0.873. The average molecular weight is 274 g/mol. The summed E-state index contributed by atoms with van der Waals surface area (Å²) in [5.74, 6) is 5.98. The lowest BCUT2D eigenvalue weighted by Crippen LogP contribution is -2.27. The molecule has 0 radical (unpaired) electrons. The molecule has 2 N–H and O–H groups in total. The molecule has 0 saturated carbocycles. The first-order valence-electron chi connectivity index (χ1n) is 4.67. The molecule has 0 aromatic heterocycles. The van der Waals surface area contributed by atoms with Crippen LogP contribution in [0.4, 0.5) is 0 Å². The van der Waals surface area contributed by atoms with Gasteiger partial charge in [-0.3, -0.25) is 0 Å². The van der Waals surface area contributed by atoms with Gasteiger partial charge in [-0.05, 0) is 12.1 Å². The van der Waals surface area contributed by atoms with E-state index in [2.05, 4.69) is 29.8 Å². The molecule has 84 valence electrons. The third kappa shape index (κ3) is 2.71. The maximum absolute atomic E-state index is 5.33. The second-order valence-electron chi connectivity index (χ2n) is 4.01. The van der Waals surface area contributed by atoms with Gasteiger partial charge in [0.1, 0.15) is 5.75 Å². The van der Waals surface area contributed by atoms with Crippen molar-refractivity contribution in [1.82, 2.24) is 0 Å². The van der Waals surface area contributed by atoms with Crippen LogP contribution in [0.2, 0.25) is 0 Å². The van der Waals surface area contributed by atoms with Crippen LogP contribution in [0.25, 0.3) is 0 Å². The number of nitrogens with two attached hydrogens (primary N) is 1. The van der Waals surface area contributed by atoms with Crippen molar-refractivity contribution in [1.29, 1.82) is 0 Å². The lowest BCUT2D eigenvalue weighted by atomic mass is 9.85. The zero-order chi connectivity index (χ0) is 11.5. The van der Waals surface area contributed by atoms with Gasteiger partial charge in [-0.15, -0.1) is 0 Å². The van der Waals surface area contributed by atoms with Crippen LogP contribution in [0.15, 0.2) is 22.7 Å². The summed E-state index contributed by atoms with van der Waals surface area (Å²) < 4.78 is 6.34. The van der Waals surface area contributed by atoms with Crippen LogP contribution in [-0.4, -0.2) is 13.7 Å². The van der Waals surface area contributed by atoms with Crippen molar-refractivity contribution >= 4 is 15.9 Å². The molecule has 1 rings (SSSR count). The molecule has 0 heterocycles. The zero-order valence-electron chi connectivity index (χ0n) is 9.21. The Kier molecular flexibility index (Phi) is 4.13. The van der Waals surface area contributed by atoms with Gasteiger partial charge in [-0.2, -0.15) is 0 Å². The van der Waals surface area contributed by atoms with Crippen molar-refractivity contribution in [3.05, 3.63) is 28.2 Å². The lowest BCUT2D eigenvalue weighted by molar-refractivity contribution is 0.0951. The molecule has 0 aliphatic carbocycles. The van der Waals surface area contributed by atoms with Crippen molar-refractivity contribution in [3.63, 3.8) is 0 Å². The fraction of sp³-hybridized carbons (Fsp3) is 0.455. The van der Waals surface area contributed by atoms with E-state index in [1.807, 2.05) is 18.2 Å². The molecule has 0 unspecified atom stereocenters. The Labute approximate surface area is 98.6 Å². The molecule has 0 aliphatic rings. The molecule has 15 heavy (non-hydrogen) atoms. The van der Waals surface area contributed by atoms with Crippen LogP contribution in [0.5, 0.6) is 5.75 Å². The van der Waals surface area contributed by atoms with E-state index in [4.69, 9.17) is 15.5 Å². The van der Waals surface area contributed by atoms with Gasteiger partial charge in [-0.1, -0.05) is 35.8 Å². The SMILES string of the molecule is COc1cccc(Br)c1C(C)(C)CON. The predicted octanol–water partition coefficient (Wildman–Crippen LogP) is 2.63. The topological polar surface area (TPSA) is 44.5 Å². The van der Waals surface area contributed by atoms with Gasteiger partial charge in [0, 0.05) is 15.5 Å². The summed E-state index contributed by atoms with van der Waals surface area (Å²) in [6.07, 6.45) is 0. The maximum Gasteiger partial charge on any atom is 0.123 e.